The SMILES string of the molecule is Cc1cc(F)c(COc2cc3n(c(=O)n2)C[C@H]2CN3CCO2)cc1F. The van der Waals surface area contributed by atoms with Gasteiger partial charge in [0.1, 0.15) is 24.1 Å². The molecule has 2 bridgehead atoms. The van der Waals surface area contributed by atoms with Crippen LogP contribution in [0.3, 0.4) is 0 Å². The molecule has 1 aromatic carbocycles. The van der Waals surface area contributed by atoms with Crippen molar-refractivity contribution in [3.05, 3.63) is 51.4 Å². The predicted octanol–water partition coefficient (Wildman–Crippen LogP) is 1.63. The largest absolute Gasteiger partial charge is 0.472 e. The first-order valence-corrected chi connectivity index (χ1v) is 8.07. The first-order chi connectivity index (χ1) is 12.0. The normalized spacial score (nSPS) is 18.8. The molecule has 1 aromatic heterocycles. The summed E-state index contributed by atoms with van der Waals surface area (Å²) in [6.07, 6.45) is -0.0165. The van der Waals surface area contributed by atoms with E-state index in [1.807, 2.05) is 4.90 Å². The molecule has 1 atom stereocenters. The number of aryl methyl sites for hydroxylation is 1. The van der Waals surface area contributed by atoms with Crippen molar-refractivity contribution in [2.45, 2.75) is 26.2 Å². The molecule has 0 spiro atoms. The summed E-state index contributed by atoms with van der Waals surface area (Å²) in [4.78, 5) is 18.2. The molecule has 0 N–H and O–H groups in total. The van der Waals surface area contributed by atoms with Gasteiger partial charge >= 0.3 is 5.69 Å². The van der Waals surface area contributed by atoms with E-state index in [0.29, 0.717) is 32.1 Å². The van der Waals surface area contributed by atoms with Crippen molar-refractivity contribution in [2.24, 2.45) is 0 Å². The van der Waals surface area contributed by atoms with Crippen LogP contribution in [0.15, 0.2) is 23.0 Å². The molecule has 2 aromatic rings. The zero-order valence-electron chi connectivity index (χ0n) is 13.7. The fraction of sp³-hybridized carbons (Fsp3) is 0.412. The van der Waals surface area contributed by atoms with Crippen molar-refractivity contribution >= 4 is 5.82 Å². The average molecular weight is 349 g/mol. The number of rotatable bonds is 3. The minimum absolute atomic E-state index is 0.0165. The van der Waals surface area contributed by atoms with Crippen LogP contribution in [-0.4, -0.2) is 35.4 Å². The third-order valence-electron chi connectivity index (χ3n) is 4.52. The van der Waals surface area contributed by atoms with Crippen LogP contribution in [0.2, 0.25) is 0 Å². The zero-order chi connectivity index (χ0) is 17.6. The molecule has 4 rings (SSSR count). The van der Waals surface area contributed by atoms with E-state index in [9.17, 15) is 13.6 Å². The summed E-state index contributed by atoms with van der Waals surface area (Å²) in [5.74, 6) is -0.242. The smallest absolute Gasteiger partial charge is 0.352 e. The Bertz CT molecular complexity index is 884. The summed E-state index contributed by atoms with van der Waals surface area (Å²) in [6, 6.07) is 3.88. The Morgan fingerprint density at radius 3 is 2.96 bits per heavy atom. The molecule has 3 heterocycles. The second kappa shape index (κ2) is 6.11. The van der Waals surface area contributed by atoms with Crippen LogP contribution in [0.4, 0.5) is 14.6 Å². The summed E-state index contributed by atoms with van der Waals surface area (Å²) in [7, 11) is 0. The van der Waals surface area contributed by atoms with Crippen LogP contribution in [-0.2, 0) is 17.9 Å². The highest BCUT2D eigenvalue weighted by Crippen LogP contribution is 2.26. The fourth-order valence-corrected chi connectivity index (χ4v) is 3.17. The number of morpholine rings is 1. The van der Waals surface area contributed by atoms with E-state index < -0.39 is 17.3 Å². The molecule has 0 amide bonds. The summed E-state index contributed by atoms with van der Waals surface area (Å²) in [6.45, 7) is 3.73. The van der Waals surface area contributed by atoms with Gasteiger partial charge in [0.25, 0.3) is 0 Å². The number of fused-ring (bicyclic) bond motifs is 4. The number of hydrogen-bond acceptors (Lipinski definition) is 5. The van der Waals surface area contributed by atoms with Gasteiger partial charge in [-0.25, -0.2) is 13.6 Å². The Morgan fingerprint density at radius 1 is 1.28 bits per heavy atom. The number of ether oxygens (including phenoxy) is 2. The molecular weight excluding hydrogens is 332 g/mol. The molecule has 0 unspecified atom stereocenters. The Morgan fingerprint density at radius 2 is 2.12 bits per heavy atom. The van der Waals surface area contributed by atoms with Crippen LogP contribution in [0.1, 0.15) is 11.1 Å². The summed E-state index contributed by atoms with van der Waals surface area (Å²) < 4.78 is 40.1. The van der Waals surface area contributed by atoms with Gasteiger partial charge in [0.05, 0.1) is 19.3 Å². The second-order valence-electron chi connectivity index (χ2n) is 6.27. The van der Waals surface area contributed by atoms with Gasteiger partial charge in [0.15, 0.2) is 0 Å². The lowest BCUT2D eigenvalue weighted by molar-refractivity contribution is 0.0195. The monoisotopic (exact) mass is 349 g/mol. The van der Waals surface area contributed by atoms with Gasteiger partial charge in [-0.05, 0) is 24.6 Å². The minimum atomic E-state index is -0.551. The lowest BCUT2D eigenvalue weighted by atomic mass is 10.1. The summed E-state index contributed by atoms with van der Waals surface area (Å²) in [5, 5.41) is 0. The fourth-order valence-electron chi connectivity index (χ4n) is 3.17. The Kier molecular flexibility index (Phi) is 3.91. The second-order valence-corrected chi connectivity index (χ2v) is 6.27. The van der Waals surface area contributed by atoms with Crippen molar-refractivity contribution in [2.75, 3.05) is 24.6 Å². The third kappa shape index (κ3) is 2.97. The number of anilines is 1. The molecule has 1 fully saturated rings. The van der Waals surface area contributed by atoms with Crippen LogP contribution < -0.4 is 15.3 Å². The van der Waals surface area contributed by atoms with Crippen LogP contribution in [0.5, 0.6) is 5.88 Å². The lowest BCUT2D eigenvalue weighted by Gasteiger charge is -2.40. The Hall–Kier alpha value is -2.48. The Balaban J connectivity index is 1.59. The molecule has 2 aliphatic heterocycles. The molecular formula is C17H17F2N3O3. The molecule has 2 aliphatic rings. The van der Waals surface area contributed by atoms with E-state index in [2.05, 4.69) is 4.98 Å². The number of hydrogen-bond donors (Lipinski definition) is 0. The van der Waals surface area contributed by atoms with Crippen LogP contribution in [0, 0.1) is 18.6 Å². The zero-order valence-corrected chi connectivity index (χ0v) is 13.7. The van der Waals surface area contributed by atoms with E-state index in [0.717, 1.165) is 12.1 Å². The maximum atomic E-state index is 13.9. The van der Waals surface area contributed by atoms with Gasteiger partial charge < -0.3 is 14.4 Å². The summed E-state index contributed by atoms with van der Waals surface area (Å²) in [5.41, 5.74) is -0.134. The molecule has 0 aliphatic carbocycles. The highest BCUT2D eigenvalue weighted by Gasteiger charge is 2.30. The van der Waals surface area contributed by atoms with Crippen molar-refractivity contribution < 1.29 is 18.3 Å². The highest BCUT2D eigenvalue weighted by molar-refractivity contribution is 5.44. The number of halogens is 2. The predicted molar refractivity (Wildman–Crippen MR) is 85.9 cm³/mol. The molecule has 0 saturated carbocycles. The van der Waals surface area contributed by atoms with Gasteiger partial charge in [0.2, 0.25) is 5.88 Å². The summed E-state index contributed by atoms with van der Waals surface area (Å²) >= 11 is 0. The van der Waals surface area contributed by atoms with E-state index in [-0.39, 0.29) is 29.7 Å². The molecule has 25 heavy (non-hydrogen) atoms. The van der Waals surface area contributed by atoms with Crippen molar-refractivity contribution in [1.29, 1.82) is 0 Å². The minimum Gasteiger partial charge on any atom is -0.472 e. The standard InChI is InChI=1S/C17H17F2N3O3/c1-10-4-14(19)11(5-13(10)18)9-25-15-6-16-21-2-3-24-12(7-21)8-22(16)17(23)20-15/h4-6,12H,2-3,7-9H2,1H3/t12-/m1/s1. The number of nitrogens with zero attached hydrogens (tertiary/aromatic N) is 3. The number of benzene rings is 1. The topological polar surface area (TPSA) is 56.6 Å². The molecule has 132 valence electrons. The van der Waals surface area contributed by atoms with Crippen LogP contribution >= 0.6 is 0 Å². The van der Waals surface area contributed by atoms with Crippen molar-refractivity contribution in [3.63, 3.8) is 0 Å². The third-order valence-corrected chi connectivity index (χ3v) is 4.52. The average Bonchev–Trinajstić information content (AvgIpc) is 2.58. The maximum absolute atomic E-state index is 13.9. The Labute approximate surface area is 142 Å². The van der Waals surface area contributed by atoms with E-state index >= 15 is 0 Å². The van der Waals surface area contributed by atoms with E-state index in [1.165, 1.54) is 6.92 Å². The van der Waals surface area contributed by atoms with Crippen molar-refractivity contribution in [3.8, 4) is 5.88 Å². The van der Waals surface area contributed by atoms with Gasteiger partial charge in [-0.15, -0.1) is 0 Å². The van der Waals surface area contributed by atoms with Gasteiger partial charge in [-0.3, -0.25) is 4.57 Å². The quantitative estimate of drug-likeness (QED) is 0.843. The number of aromatic nitrogens is 2. The van der Waals surface area contributed by atoms with Crippen LogP contribution in [0.25, 0.3) is 0 Å². The van der Waals surface area contributed by atoms with E-state index in [1.54, 1.807) is 10.6 Å². The van der Waals surface area contributed by atoms with Gasteiger partial charge in [0, 0.05) is 24.7 Å². The maximum Gasteiger partial charge on any atom is 0.352 e. The highest BCUT2D eigenvalue weighted by atomic mass is 19.1. The first kappa shape index (κ1) is 16.0. The van der Waals surface area contributed by atoms with Gasteiger partial charge in [-0.1, -0.05) is 0 Å². The molecule has 6 nitrogen and oxygen atoms in total. The molecule has 8 heteroatoms. The van der Waals surface area contributed by atoms with Crippen molar-refractivity contribution in [1.82, 2.24) is 9.55 Å². The van der Waals surface area contributed by atoms with E-state index in [4.69, 9.17) is 9.47 Å². The lowest BCUT2D eigenvalue weighted by Crippen LogP contribution is -2.52. The molecule has 0 radical (unpaired) electrons. The first-order valence-electron chi connectivity index (χ1n) is 8.07. The molecule has 1 saturated heterocycles. The van der Waals surface area contributed by atoms with Gasteiger partial charge in [-0.2, -0.15) is 4.98 Å².